The Kier molecular flexibility index (Phi) is 11.2. The van der Waals surface area contributed by atoms with E-state index in [-0.39, 0.29) is 23.6 Å². The highest BCUT2D eigenvalue weighted by Crippen LogP contribution is 2.37. The summed E-state index contributed by atoms with van der Waals surface area (Å²) >= 11 is 0. The summed E-state index contributed by atoms with van der Waals surface area (Å²) in [5, 5.41) is 0. The summed E-state index contributed by atoms with van der Waals surface area (Å²) in [4.78, 5) is 31.9. The lowest BCUT2D eigenvalue weighted by Gasteiger charge is -2.26. The Morgan fingerprint density at radius 2 is 1.13 bits per heavy atom. The molecule has 0 amide bonds. The summed E-state index contributed by atoms with van der Waals surface area (Å²) in [6.45, 7) is 0. The first-order valence-corrected chi connectivity index (χ1v) is 16.0. The first-order valence-electron chi connectivity index (χ1n) is 16.0. The van der Waals surface area contributed by atoms with Gasteiger partial charge in [0, 0.05) is 24.8 Å². The van der Waals surface area contributed by atoms with Gasteiger partial charge in [0.05, 0.1) is 25.3 Å². The molecule has 4 aromatic rings. The van der Waals surface area contributed by atoms with Gasteiger partial charge in [-0.25, -0.2) is 18.4 Å². The number of hydrogen-bond acceptors (Lipinski definition) is 6. The zero-order valence-corrected chi connectivity index (χ0v) is 26.4. The van der Waals surface area contributed by atoms with Crippen molar-refractivity contribution in [3.63, 3.8) is 0 Å². The molecule has 2 aromatic carbocycles. The zero-order chi connectivity index (χ0) is 32.5. The normalized spacial score (nSPS) is 16.7. The van der Waals surface area contributed by atoms with Crippen LogP contribution in [0.3, 0.4) is 0 Å². The van der Waals surface area contributed by atoms with Gasteiger partial charge in [0.25, 0.3) is 0 Å². The number of pyridine rings is 2. The molecule has 0 radical (unpaired) electrons. The summed E-state index contributed by atoms with van der Waals surface area (Å²) in [6, 6.07) is 14.1. The lowest BCUT2D eigenvalue weighted by molar-refractivity contribution is 0.0590. The summed E-state index contributed by atoms with van der Waals surface area (Å²) < 4.78 is 37.6. The third-order valence-corrected chi connectivity index (χ3v) is 9.29. The second-order valence-electron chi connectivity index (χ2n) is 11.9. The minimum atomic E-state index is -0.336. The van der Waals surface area contributed by atoms with E-state index in [0.29, 0.717) is 23.0 Å². The maximum Gasteiger partial charge on any atom is 0.338 e. The number of rotatable bonds is 8. The number of fused-ring (bicyclic) bond motifs is 2. The molecule has 0 N–H and O–H groups in total. The molecule has 0 spiro atoms. The van der Waals surface area contributed by atoms with Gasteiger partial charge in [-0.1, -0.05) is 24.3 Å². The predicted octanol–water partition coefficient (Wildman–Crippen LogP) is 8.12. The van der Waals surface area contributed by atoms with Gasteiger partial charge < -0.3 is 9.47 Å². The van der Waals surface area contributed by atoms with Crippen molar-refractivity contribution in [2.45, 2.75) is 76.0 Å². The van der Waals surface area contributed by atoms with E-state index < -0.39 is 0 Å². The third-order valence-electron chi connectivity index (χ3n) is 9.29. The lowest BCUT2D eigenvalue weighted by atomic mass is 9.79. The van der Waals surface area contributed by atoms with Crippen LogP contribution in [-0.2, 0) is 35.2 Å². The van der Waals surface area contributed by atoms with E-state index in [2.05, 4.69) is 9.97 Å². The second-order valence-corrected chi connectivity index (χ2v) is 11.9. The molecule has 0 saturated heterocycles. The number of hydrogen-bond donors (Lipinski definition) is 0. The minimum absolute atomic E-state index is 0.0937. The number of carbonyl (C=O) groups excluding carboxylic acids is 2. The van der Waals surface area contributed by atoms with Crippen molar-refractivity contribution in [1.82, 2.24) is 9.97 Å². The number of aromatic nitrogens is 2. The minimum Gasteiger partial charge on any atom is -0.465 e. The highest BCUT2D eigenvalue weighted by atomic mass is 19.1. The van der Waals surface area contributed by atoms with Gasteiger partial charge in [-0.15, -0.1) is 0 Å². The summed E-state index contributed by atoms with van der Waals surface area (Å²) in [5.41, 5.74) is 6.90. The Balaban J connectivity index is 0.000000181. The van der Waals surface area contributed by atoms with E-state index in [0.717, 1.165) is 97.6 Å². The molecular formula is C38H40F2N2O4. The number of aryl methyl sites for hydroxylation is 2. The van der Waals surface area contributed by atoms with E-state index >= 15 is 0 Å². The SMILES string of the molecule is COC(=O)c1ccncc1CC[C@@H]1CCCc2c(F)cccc21.COC(=O)c1ccncc1CC[C@H]1CCCc2c(F)cccc21. The number of esters is 2. The van der Waals surface area contributed by atoms with Crippen LogP contribution in [0.2, 0.25) is 0 Å². The average molecular weight is 627 g/mol. The highest BCUT2D eigenvalue weighted by molar-refractivity contribution is 5.91. The average Bonchev–Trinajstić information content (AvgIpc) is 3.10. The molecule has 6 rings (SSSR count). The fourth-order valence-electron chi connectivity index (χ4n) is 6.93. The van der Waals surface area contributed by atoms with Gasteiger partial charge >= 0.3 is 11.9 Å². The molecule has 0 fully saturated rings. The Hall–Kier alpha value is -4.46. The van der Waals surface area contributed by atoms with Crippen LogP contribution in [0.15, 0.2) is 73.3 Å². The fraction of sp³-hybridized carbons (Fsp3) is 0.368. The van der Waals surface area contributed by atoms with Gasteiger partial charge in [-0.2, -0.15) is 0 Å². The van der Waals surface area contributed by atoms with Crippen molar-refractivity contribution in [2.24, 2.45) is 0 Å². The molecule has 8 heteroatoms. The van der Waals surface area contributed by atoms with Crippen LogP contribution in [0.5, 0.6) is 0 Å². The van der Waals surface area contributed by atoms with Crippen molar-refractivity contribution >= 4 is 11.9 Å². The standard InChI is InChI=1S/2C19H20FNO2/c2*1-23-19(22)16-10-11-21-12-14(16)9-8-13-4-2-6-17-15(13)5-3-7-18(17)20/h2*3,5,7,10-13H,2,4,6,8-9H2,1H3/t2*13-/m10/s1. The van der Waals surface area contributed by atoms with Crippen LogP contribution in [0.4, 0.5) is 8.78 Å². The summed E-state index contributed by atoms with van der Waals surface area (Å²) in [6.07, 6.45) is 15.7. The van der Waals surface area contributed by atoms with Crippen molar-refractivity contribution in [3.8, 4) is 0 Å². The topological polar surface area (TPSA) is 78.4 Å². The highest BCUT2D eigenvalue weighted by Gasteiger charge is 2.24. The van der Waals surface area contributed by atoms with Gasteiger partial charge in [-0.05, 0) is 134 Å². The number of ether oxygens (including phenoxy) is 2. The maximum atomic E-state index is 14.0. The van der Waals surface area contributed by atoms with E-state index in [1.807, 2.05) is 12.1 Å². The Labute approximate surface area is 269 Å². The van der Waals surface area contributed by atoms with Crippen LogP contribution in [0.25, 0.3) is 0 Å². The molecule has 0 unspecified atom stereocenters. The molecule has 6 nitrogen and oxygen atoms in total. The molecule has 2 aromatic heterocycles. The number of carbonyl (C=O) groups is 2. The fourth-order valence-corrected chi connectivity index (χ4v) is 6.93. The molecule has 0 bridgehead atoms. The van der Waals surface area contributed by atoms with Gasteiger partial charge in [0.1, 0.15) is 11.6 Å². The first kappa shape index (κ1) is 32.9. The van der Waals surface area contributed by atoms with Crippen molar-refractivity contribution in [2.75, 3.05) is 14.2 Å². The van der Waals surface area contributed by atoms with Crippen molar-refractivity contribution in [1.29, 1.82) is 0 Å². The van der Waals surface area contributed by atoms with Crippen LogP contribution in [0, 0.1) is 11.6 Å². The zero-order valence-electron chi connectivity index (χ0n) is 26.4. The predicted molar refractivity (Wildman–Crippen MR) is 172 cm³/mol. The van der Waals surface area contributed by atoms with Crippen molar-refractivity contribution in [3.05, 3.63) is 129 Å². The number of nitrogens with zero attached hydrogens (tertiary/aromatic N) is 2. The lowest BCUT2D eigenvalue weighted by Crippen LogP contribution is -2.13. The monoisotopic (exact) mass is 626 g/mol. The number of methoxy groups -OCH3 is 2. The van der Waals surface area contributed by atoms with E-state index in [1.54, 1.807) is 49.1 Å². The molecular weight excluding hydrogens is 586 g/mol. The van der Waals surface area contributed by atoms with E-state index in [1.165, 1.54) is 26.4 Å². The Morgan fingerprint density at radius 1 is 0.696 bits per heavy atom. The number of halogens is 2. The molecule has 0 aliphatic heterocycles. The quantitative estimate of drug-likeness (QED) is 0.184. The van der Waals surface area contributed by atoms with Gasteiger partial charge in [0.2, 0.25) is 0 Å². The van der Waals surface area contributed by atoms with Crippen molar-refractivity contribution < 1.29 is 27.8 Å². The first-order chi connectivity index (χ1) is 22.4. The largest absolute Gasteiger partial charge is 0.465 e. The van der Waals surface area contributed by atoms with Crippen LogP contribution >= 0.6 is 0 Å². The Bertz CT molecular complexity index is 1550. The molecule has 0 saturated carbocycles. The number of benzene rings is 2. The third kappa shape index (κ3) is 7.66. The summed E-state index contributed by atoms with van der Waals surface area (Å²) in [7, 11) is 2.76. The molecule has 240 valence electrons. The maximum absolute atomic E-state index is 14.0. The van der Waals surface area contributed by atoms with E-state index in [4.69, 9.17) is 9.47 Å². The molecule has 2 atom stereocenters. The van der Waals surface area contributed by atoms with Crippen LogP contribution in [0.1, 0.15) is 104 Å². The second kappa shape index (κ2) is 15.7. The summed E-state index contributed by atoms with van der Waals surface area (Å²) in [5.74, 6) is -0.192. The van der Waals surface area contributed by atoms with E-state index in [9.17, 15) is 18.4 Å². The van der Waals surface area contributed by atoms with Gasteiger partial charge in [0.15, 0.2) is 0 Å². The molecule has 46 heavy (non-hydrogen) atoms. The van der Waals surface area contributed by atoms with Gasteiger partial charge in [-0.3, -0.25) is 9.97 Å². The molecule has 2 aliphatic carbocycles. The Morgan fingerprint density at radius 3 is 1.54 bits per heavy atom. The van der Waals surface area contributed by atoms with Crippen LogP contribution < -0.4 is 0 Å². The molecule has 2 heterocycles. The smallest absolute Gasteiger partial charge is 0.338 e. The van der Waals surface area contributed by atoms with Crippen LogP contribution in [-0.4, -0.2) is 36.1 Å². The molecule has 2 aliphatic rings.